The molecule has 3 rings (SSSR count). The van der Waals surface area contributed by atoms with Gasteiger partial charge in [-0.2, -0.15) is 0 Å². The first-order valence-electron chi connectivity index (χ1n) is 6.93. The van der Waals surface area contributed by atoms with E-state index in [1.54, 1.807) is 20.3 Å². The fourth-order valence-electron chi connectivity index (χ4n) is 2.47. The van der Waals surface area contributed by atoms with Crippen molar-refractivity contribution in [3.63, 3.8) is 0 Å². The third-order valence-corrected chi connectivity index (χ3v) is 3.59. The van der Waals surface area contributed by atoms with E-state index in [2.05, 4.69) is 0 Å². The molecule has 0 saturated carbocycles. The van der Waals surface area contributed by atoms with E-state index in [1.165, 1.54) is 0 Å². The van der Waals surface area contributed by atoms with Crippen LogP contribution < -0.4 is 9.47 Å². The summed E-state index contributed by atoms with van der Waals surface area (Å²) in [5.41, 5.74) is 2.46. The third kappa shape index (κ3) is 2.55. The van der Waals surface area contributed by atoms with Gasteiger partial charge < -0.3 is 14.2 Å². The van der Waals surface area contributed by atoms with E-state index in [0.29, 0.717) is 17.1 Å². The van der Waals surface area contributed by atoms with Crippen molar-refractivity contribution in [3.05, 3.63) is 65.2 Å². The summed E-state index contributed by atoms with van der Waals surface area (Å²) in [6, 6.07) is 13.1. The Labute approximate surface area is 128 Å². The van der Waals surface area contributed by atoms with E-state index in [4.69, 9.17) is 14.2 Å². The zero-order chi connectivity index (χ0) is 15.5. The minimum absolute atomic E-state index is 0.280. The molecule has 1 atom stereocenters. The molecule has 0 radical (unpaired) electrons. The van der Waals surface area contributed by atoms with Crippen molar-refractivity contribution in [1.82, 2.24) is 0 Å². The van der Waals surface area contributed by atoms with Crippen molar-refractivity contribution < 1.29 is 19.0 Å². The minimum atomic E-state index is -0.350. The lowest BCUT2D eigenvalue weighted by Crippen LogP contribution is -1.95. The molecule has 1 aliphatic heterocycles. The van der Waals surface area contributed by atoms with Gasteiger partial charge in [-0.15, -0.1) is 0 Å². The Morgan fingerprint density at radius 3 is 2.59 bits per heavy atom. The topological polar surface area (TPSA) is 44.8 Å². The molecule has 0 aliphatic carbocycles. The van der Waals surface area contributed by atoms with Gasteiger partial charge in [-0.05, 0) is 29.8 Å². The molecule has 0 bridgehead atoms. The lowest BCUT2D eigenvalue weighted by molar-refractivity contribution is 0.0468. The van der Waals surface area contributed by atoms with Crippen LogP contribution in [0.4, 0.5) is 0 Å². The van der Waals surface area contributed by atoms with Crippen LogP contribution in [0.25, 0.3) is 6.08 Å². The van der Waals surface area contributed by atoms with Crippen molar-refractivity contribution in [2.75, 3.05) is 14.2 Å². The quantitative estimate of drug-likeness (QED) is 0.808. The molecule has 22 heavy (non-hydrogen) atoms. The maximum absolute atomic E-state index is 11.8. The average molecular weight is 296 g/mol. The highest BCUT2D eigenvalue weighted by Crippen LogP contribution is 2.33. The zero-order valence-electron chi connectivity index (χ0n) is 12.4. The number of benzene rings is 2. The van der Waals surface area contributed by atoms with Gasteiger partial charge >= 0.3 is 5.97 Å². The van der Waals surface area contributed by atoms with Crippen molar-refractivity contribution in [3.8, 4) is 11.5 Å². The molecule has 0 saturated heterocycles. The van der Waals surface area contributed by atoms with Crippen molar-refractivity contribution in [2.24, 2.45) is 0 Å². The number of esters is 1. The predicted molar refractivity (Wildman–Crippen MR) is 83.2 cm³/mol. The number of carbonyl (C=O) groups excluding carboxylic acids is 1. The highest BCUT2D eigenvalue weighted by atomic mass is 16.5. The summed E-state index contributed by atoms with van der Waals surface area (Å²) in [5.74, 6) is 1.06. The Balaban J connectivity index is 1.85. The third-order valence-electron chi connectivity index (χ3n) is 3.59. The van der Waals surface area contributed by atoms with Crippen LogP contribution in [-0.2, 0) is 4.74 Å². The van der Waals surface area contributed by atoms with Crippen molar-refractivity contribution in [2.45, 2.75) is 6.10 Å². The fraction of sp³-hybridized carbons (Fsp3) is 0.167. The van der Waals surface area contributed by atoms with E-state index in [-0.39, 0.29) is 12.1 Å². The van der Waals surface area contributed by atoms with Crippen molar-refractivity contribution >= 4 is 12.0 Å². The molecule has 0 N–H and O–H groups in total. The van der Waals surface area contributed by atoms with Crippen LogP contribution in [0.1, 0.15) is 27.6 Å². The van der Waals surface area contributed by atoms with Crippen LogP contribution >= 0.6 is 0 Å². The number of carbonyl (C=O) groups is 1. The second-order valence-corrected chi connectivity index (χ2v) is 4.89. The Kier molecular flexibility index (Phi) is 3.83. The summed E-state index contributed by atoms with van der Waals surface area (Å²) in [6.45, 7) is 0. The molecule has 1 heterocycles. The van der Waals surface area contributed by atoms with Gasteiger partial charge in [-0.25, -0.2) is 4.79 Å². The maximum atomic E-state index is 11.8. The highest BCUT2D eigenvalue weighted by Gasteiger charge is 2.28. The molecule has 0 spiro atoms. The monoisotopic (exact) mass is 296 g/mol. The fourth-order valence-corrected chi connectivity index (χ4v) is 2.47. The van der Waals surface area contributed by atoms with E-state index >= 15 is 0 Å². The first kappa shape index (κ1) is 14.2. The van der Waals surface area contributed by atoms with Crippen LogP contribution in [0.5, 0.6) is 11.5 Å². The van der Waals surface area contributed by atoms with E-state index in [9.17, 15) is 4.79 Å². The zero-order valence-corrected chi connectivity index (χ0v) is 12.4. The van der Waals surface area contributed by atoms with Gasteiger partial charge in [0.2, 0.25) is 0 Å². The molecule has 1 unspecified atom stereocenters. The molecule has 1 aliphatic rings. The summed E-state index contributed by atoms with van der Waals surface area (Å²) in [6.07, 6.45) is 3.42. The first-order valence-corrected chi connectivity index (χ1v) is 6.93. The van der Waals surface area contributed by atoms with Gasteiger partial charge in [0.05, 0.1) is 19.8 Å². The molecule has 4 heteroatoms. The lowest BCUT2D eigenvalue weighted by Gasteiger charge is -2.08. The number of ether oxygens (including phenoxy) is 3. The SMILES string of the molecule is COc1ccc(/C=C/C2OC(=O)c3ccccc32)cc1OC. The highest BCUT2D eigenvalue weighted by molar-refractivity contribution is 5.94. The van der Waals surface area contributed by atoms with Crippen LogP contribution in [0.15, 0.2) is 48.5 Å². The average Bonchev–Trinajstić information content (AvgIpc) is 2.89. The van der Waals surface area contributed by atoms with Crippen molar-refractivity contribution in [1.29, 1.82) is 0 Å². The number of fused-ring (bicyclic) bond motifs is 1. The Bertz CT molecular complexity index is 734. The standard InChI is InChI=1S/C18H16O4/c1-20-16-10-8-12(11-17(16)21-2)7-9-15-13-5-3-4-6-14(13)18(19)22-15/h3-11,15H,1-2H3/b9-7+. The van der Waals surface area contributed by atoms with E-state index < -0.39 is 0 Å². The Morgan fingerprint density at radius 2 is 1.82 bits per heavy atom. The predicted octanol–water partition coefficient (Wildman–Crippen LogP) is 3.63. The molecule has 0 fully saturated rings. The minimum Gasteiger partial charge on any atom is -0.493 e. The maximum Gasteiger partial charge on any atom is 0.339 e. The molecular formula is C18H16O4. The summed E-state index contributed by atoms with van der Waals surface area (Å²) in [4.78, 5) is 11.8. The number of hydrogen-bond donors (Lipinski definition) is 0. The number of cyclic esters (lactones) is 1. The van der Waals surface area contributed by atoms with E-state index in [0.717, 1.165) is 11.1 Å². The number of methoxy groups -OCH3 is 2. The smallest absolute Gasteiger partial charge is 0.339 e. The molecule has 2 aromatic rings. The summed E-state index contributed by atoms with van der Waals surface area (Å²) >= 11 is 0. The van der Waals surface area contributed by atoms with Crippen LogP contribution in [-0.4, -0.2) is 20.2 Å². The van der Waals surface area contributed by atoms with Gasteiger partial charge in [0.1, 0.15) is 6.10 Å². The number of hydrogen-bond acceptors (Lipinski definition) is 4. The van der Waals surface area contributed by atoms with Crippen LogP contribution in [0.3, 0.4) is 0 Å². The first-order chi connectivity index (χ1) is 10.7. The second-order valence-electron chi connectivity index (χ2n) is 4.89. The van der Waals surface area contributed by atoms with Crippen LogP contribution in [0, 0.1) is 0 Å². The molecule has 112 valence electrons. The normalized spacial score (nSPS) is 16.5. The Morgan fingerprint density at radius 1 is 1.05 bits per heavy atom. The van der Waals surface area contributed by atoms with Crippen LogP contribution in [0.2, 0.25) is 0 Å². The van der Waals surface area contributed by atoms with Gasteiger partial charge in [0.15, 0.2) is 11.5 Å². The lowest BCUT2D eigenvalue weighted by atomic mass is 10.0. The molecule has 2 aromatic carbocycles. The second kappa shape index (κ2) is 5.93. The van der Waals surface area contributed by atoms with E-state index in [1.807, 2.05) is 48.6 Å². The van der Waals surface area contributed by atoms with Gasteiger partial charge in [0, 0.05) is 5.56 Å². The summed E-state index contributed by atoms with van der Waals surface area (Å²) in [5, 5.41) is 0. The van der Waals surface area contributed by atoms with Gasteiger partial charge in [0.25, 0.3) is 0 Å². The molecule has 0 amide bonds. The molecule has 4 nitrogen and oxygen atoms in total. The molecule has 0 aromatic heterocycles. The van der Waals surface area contributed by atoms with Gasteiger partial charge in [-0.1, -0.05) is 30.3 Å². The largest absolute Gasteiger partial charge is 0.493 e. The summed E-state index contributed by atoms with van der Waals surface area (Å²) in [7, 11) is 3.20. The number of rotatable bonds is 4. The molecular weight excluding hydrogens is 280 g/mol. The Hall–Kier alpha value is -2.75. The summed E-state index contributed by atoms with van der Waals surface area (Å²) < 4.78 is 15.9. The van der Waals surface area contributed by atoms with Gasteiger partial charge in [-0.3, -0.25) is 0 Å².